The van der Waals surface area contributed by atoms with E-state index in [9.17, 15) is 14.4 Å². The molecule has 0 bridgehead atoms. The molecular formula is C23H28N2O5. The summed E-state index contributed by atoms with van der Waals surface area (Å²) in [7, 11) is 0. The van der Waals surface area contributed by atoms with Crippen molar-refractivity contribution in [3.8, 4) is 0 Å². The molecule has 160 valence electrons. The Balaban J connectivity index is 2.53. The number of amides is 1. The third-order valence-electron chi connectivity index (χ3n) is 4.37. The summed E-state index contributed by atoms with van der Waals surface area (Å²) in [5.41, 5.74) is 0.986. The van der Waals surface area contributed by atoms with Gasteiger partial charge in [-0.05, 0) is 38.1 Å². The minimum absolute atomic E-state index is 0.180. The van der Waals surface area contributed by atoms with Crippen LogP contribution < -0.4 is 5.01 Å². The molecule has 0 saturated carbocycles. The number of nitrogens with zero attached hydrogens (tertiary/aromatic N) is 2. The zero-order valence-corrected chi connectivity index (χ0v) is 17.8. The van der Waals surface area contributed by atoms with E-state index in [-0.39, 0.29) is 18.7 Å². The molecule has 7 heteroatoms. The zero-order valence-electron chi connectivity index (χ0n) is 17.8. The molecule has 2 rings (SSSR count). The first-order chi connectivity index (χ1) is 14.4. The average molecular weight is 412 g/mol. The van der Waals surface area contributed by atoms with E-state index >= 15 is 0 Å². The van der Waals surface area contributed by atoms with Crippen LogP contribution in [0.2, 0.25) is 0 Å². The highest BCUT2D eigenvalue weighted by atomic mass is 16.6. The molecule has 7 nitrogen and oxygen atoms in total. The molecule has 0 N–H and O–H groups in total. The third kappa shape index (κ3) is 5.90. The van der Waals surface area contributed by atoms with Crippen molar-refractivity contribution >= 4 is 23.5 Å². The molecule has 0 aromatic heterocycles. The van der Waals surface area contributed by atoms with Crippen LogP contribution in [0.4, 0.5) is 5.69 Å². The highest BCUT2D eigenvalue weighted by molar-refractivity contribution is 6.05. The van der Waals surface area contributed by atoms with Crippen LogP contribution in [0.15, 0.2) is 60.7 Å². The van der Waals surface area contributed by atoms with Gasteiger partial charge in [0.05, 0.1) is 5.69 Å². The molecule has 2 unspecified atom stereocenters. The lowest BCUT2D eigenvalue weighted by molar-refractivity contribution is -0.180. The van der Waals surface area contributed by atoms with E-state index in [0.717, 1.165) is 0 Å². The number of para-hydroxylation sites is 1. The second kappa shape index (κ2) is 11.1. The van der Waals surface area contributed by atoms with Gasteiger partial charge in [-0.3, -0.25) is 14.4 Å². The molecule has 0 spiro atoms. The summed E-state index contributed by atoms with van der Waals surface area (Å²) in [6.07, 6.45) is -1.38. The van der Waals surface area contributed by atoms with E-state index in [1.54, 1.807) is 76.2 Å². The third-order valence-corrected chi connectivity index (χ3v) is 4.37. The van der Waals surface area contributed by atoms with Gasteiger partial charge >= 0.3 is 11.9 Å². The average Bonchev–Trinajstić information content (AvgIpc) is 2.77. The number of hydrogen-bond donors (Lipinski definition) is 0. The molecule has 0 aliphatic rings. The molecule has 1 amide bonds. The second-order valence-electron chi connectivity index (χ2n) is 6.58. The second-order valence-corrected chi connectivity index (χ2v) is 6.58. The van der Waals surface area contributed by atoms with Crippen LogP contribution in [0.1, 0.15) is 50.9 Å². The van der Waals surface area contributed by atoms with E-state index in [4.69, 9.17) is 9.47 Å². The van der Waals surface area contributed by atoms with Crippen molar-refractivity contribution in [3.05, 3.63) is 66.2 Å². The highest BCUT2D eigenvalue weighted by Crippen LogP contribution is 2.24. The molecule has 2 atom stereocenters. The lowest BCUT2D eigenvalue weighted by Crippen LogP contribution is -2.57. The first kappa shape index (κ1) is 23.1. The van der Waals surface area contributed by atoms with Gasteiger partial charge in [-0.1, -0.05) is 50.2 Å². The van der Waals surface area contributed by atoms with Crippen LogP contribution in [0.5, 0.6) is 0 Å². The van der Waals surface area contributed by atoms with Gasteiger partial charge in [-0.15, -0.1) is 5.01 Å². The van der Waals surface area contributed by atoms with Crippen LogP contribution in [0.3, 0.4) is 0 Å². The van der Waals surface area contributed by atoms with Crippen LogP contribution in [-0.4, -0.2) is 35.3 Å². The van der Waals surface area contributed by atoms with Crippen molar-refractivity contribution in [3.63, 3.8) is 0 Å². The number of esters is 2. The first-order valence-corrected chi connectivity index (χ1v) is 10.0. The summed E-state index contributed by atoms with van der Waals surface area (Å²) >= 11 is 0. The van der Waals surface area contributed by atoms with E-state index in [1.807, 2.05) is 12.1 Å². The number of rotatable bonds is 9. The predicted molar refractivity (Wildman–Crippen MR) is 113 cm³/mol. The Hall–Kier alpha value is -3.19. The fraction of sp³-hybridized carbons (Fsp3) is 0.348. The number of ether oxygens (including phenoxy) is 2. The molecular weight excluding hydrogens is 384 g/mol. The lowest BCUT2D eigenvalue weighted by Gasteiger charge is -2.41. The lowest BCUT2D eigenvalue weighted by atomic mass is 10.2. The van der Waals surface area contributed by atoms with E-state index in [0.29, 0.717) is 11.3 Å². The largest absolute Gasteiger partial charge is 0.445 e. The van der Waals surface area contributed by atoms with Gasteiger partial charge in [0.15, 0.2) is 12.5 Å². The van der Waals surface area contributed by atoms with Gasteiger partial charge in [0.1, 0.15) is 0 Å². The van der Waals surface area contributed by atoms with Crippen molar-refractivity contribution in [2.45, 2.75) is 53.0 Å². The Morgan fingerprint density at radius 3 is 1.63 bits per heavy atom. The first-order valence-electron chi connectivity index (χ1n) is 10.0. The van der Waals surface area contributed by atoms with Gasteiger partial charge < -0.3 is 9.47 Å². The fourth-order valence-corrected chi connectivity index (χ4v) is 2.90. The maximum absolute atomic E-state index is 13.5. The van der Waals surface area contributed by atoms with Gasteiger partial charge in [0.25, 0.3) is 5.91 Å². The van der Waals surface area contributed by atoms with Crippen LogP contribution in [0.25, 0.3) is 0 Å². The van der Waals surface area contributed by atoms with Crippen LogP contribution in [0, 0.1) is 0 Å². The van der Waals surface area contributed by atoms with Crippen LogP contribution in [-0.2, 0) is 19.1 Å². The van der Waals surface area contributed by atoms with Gasteiger partial charge in [-0.25, -0.2) is 5.01 Å². The van der Waals surface area contributed by atoms with Gasteiger partial charge in [-0.2, -0.15) is 0 Å². The van der Waals surface area contributed by atoms with Gasteiger partial charge in [0, 0.05) is 18.4 Å². The topological polar surface area (TPSA) is 76.2 Å². The molecule has 30 heavy (non-hydrogen) atoms. The molecule has 0 saturated heterocycles. The maximum atomic E-state index is 13.5. The molecule has 0 aliphatic heterocycles. The standard InChI is InChI=1S/C23H28N2O5/c1-5-21(26)29-17(3)24(18(4)30-22(27)6-2)25(20-15-11-8-12-16-20)23(28)19-13-9-7-10-14-19/h7-18H,5-6H2,1-4H3. The number of hydrazine groups is 1. The number of hydrogen-bond acceptors (Lipinski definition) is 6. The monoisotopic (exact) mass is 412 g/mol. The number of carbonyl (C=O) groups is 3. The number of anilines is 1. The van der Waals surface area contributed by atoms with Crippen molar-refractivity contribution in [1.29, 1.82) is 0 Å². The van der Waals surface area contributed by atoms with Crippen molar-refractivity contribution in [2.24, 2.45) is 0 Å². The maximum Gasteiger partial charge on any atom is 0.307 e. The molecule has 0 aliphatic carbocycles. The molecule has 2 aromatic rings. The van der Waals surface area contributed by atoms with Crippen LogP contribution >= 0.6 is 0 Å². The molecule has 0 heterocycles. The highest BCUT2D eigenvalue weighted by Gasteiger charge is 2.35. The number of benzene rings is 2. The minimum atomic E-state index is -0.870. The van der Waals surface area contributed by atoms with Crippen molar-refractivity contribution in [1.82, 2.24) is 5.01 Å². The molecule has 0 radical (unpaired) electrons. The number of carbonyl (C=O) groups excluding carboxylic acids is 3. The smallest absolute Gasteiger partial charge is 0.307 e. The van der Waals surface area contributed by atoms with E-state index in [2.05, 4.69) is 0 Å². The zero-order chi connectivity index (χ0) is 22.1. The molecule has 2 aromatic carbocycles. The summed E-state index contributed by atoms with van der Waals surface area (Å²) in [5, 5.41) is 2.85. The Kier molecular flexibility index (Phi) is 8.55. The Morgan fingerprint density at radius 1 is 0.767 bits per heavy atom. The van der Waals surface area contributed by atoms with Crippen molar-refractivity contribution in [2.75, 3.05) is 5.01 Å². The predicted octanol–water partition coefficient (Wildman–Crippen LogP) is 4.15. The quantitative estimate of drug-likeness (QED) is 0.350. The normalized spacial score (nSPS) is 12.7. The Bertz CT molecular complexity index is 817. The van der Waals surface area contributed by atoms with Crippen molar-refractivity contribution < 1.29 is 23.9 Å². The summed E-state index contributed by atoms with van der Waals surface area (Å²) in [6, 6.07) is 17.7. The minimum Gasteiger partial charge on any atom is -0.445 e. The summed E-state index contributed by atoms with van der Waals surface area (Å²) in [4.78, 5) is 37.4. The summed E-state index contributed by atoms with van der Waals surface area (Å²) < 4.78 is 11.0. The molecule has 0 fully saturated rings. The Morgan fingerprint density at radius 2 is 1.20 bits per heavy atom. The summed E-state index contributed by atoms with van der Waals surface area (Å²) in [5.74, 6) is -1.20. The SMILES string of the molecule is CCC(=O)OC(C)N(C(C)OC(=O)CC)N(C(=O)c1ccccc1)c1ccccc1. The fourth-order valence-electron chi connectivity index (χ4n) is 2.90. The Labute approximate surface area is 177 Å². The van der Waals surface area contributed by atoms with E-state index < -0.39 is 24.4 Å². The van der Waals surface area contributed by atoms with Gasteiger partial charge in [0.2, 0.25) is 0 Å². The van der Waals surface area contributed by atoms with E-state index in [1.165, 1.54) is 10.0 Å². The summed E-state index contributed by atoms with van der Waals surface area (Å²) in [6.45, 7) is 6.64.